The summed E-state index contributed by atoms with van der Waals surface area (Å²) in [5, 5.41) is 6.99. The molecule has 0 saturated heterocycles. The highest BCUT2D eigenvalue weighted by atomic mass is 16.6. The number of nitrogens with two attached hydrogens (primary N) is 1. The van der Waals surface area contributed by atoms with E-state index in [2.05, 4.69) is 10.6 Å². The van der Waals surface area contributed by atoms with Crippen LogP contribution in [0.5, 0.6) is 0 Å². The number of hydrogen-bond acceptors (Lipinski definition) is 8. The van der Waals surface area contributed by atoms with Gasteiger partial charge < -0.3 is 30.6 Å². The van der Waals surface area contributed by atoms with E-state index in [9.17, 15) is 19.2 Å². The Bertz CT molecular complexity index is 1820. The third-order valence-electron chi connectivity index (χ3n) is 6.97. The summed E-state index contributed by atoms with van der Waals surface area (Å²) in [6.07, 6.45) is 0.696. The molecule has 4 aromatic rings. The van der Waals surface area contributed by atoms with Crippen LogP contribution in [0.1, 0.15) is 73.4 Å². The van der Waals surface area contributed by atoms with Gasteiger partial charge in [-0.15, -0.1) is 0 Å². The molecule has 0 fully saturated rings. The van der Waals surface area contributed by atoms with Gasteiger partial charge in [-0.1, -0.05) is 36.4 Å². The molecule has 4 rings (SSSR count). The third-order valence-corrected chi connectivity index (χ3v) is 6.97. The van der Waals surface area contributed by atoms with Crippen LogP contribution < -0.4 is 16.4 Å². The van der Waals surface area contributed by atoms with E-state index in [0.717, 1.165) is 10.9 Å². The van der Waals surface area contributed by atoms with Gasteiger partial charge in [-0.2, -0.15) is 0 Å². The van der Waals surface area contributed by atoms with E-state index in [1.165, 1.54) is 9.13 Å². The lowest BCUT2D eigenvalue weighted by atomic mass is 10.0. The molecule has 2 amide bonds. The maximum absolute atomic E-state index is 13.8. The van der Waals surface area contributed by atoms with Crippen molar-refractivity contribution in [3.8, 4) is 0 Å². The van der Waals surface area contributed by atoms with E-state index >= 15 is 0 Å². The molecule has 12 nitrogen and oxygen atoms in total. The Morgan fingerprint density at radius 1 is 0.646 bits per heavy atom. The summed E-state index contributed by atoms with van der Waals surface area (Å²) >= 11 is 0. The fraction of sp³-hybridized carbons (Fsp3) is 0.444. The van der Waals surface area contributed by atoms with Crippen LogP contribution in [-0.4, -0.2) is 62.3 Å². The molecule has 0 unspecified atom stereocenters. The van der Waals surface area contributed by atoms with E-state index < -0.39 is 53.2 Å². The van der Waals surface area contributed by atoms with Gasteiger partial charge >= 0.3 is 18.3 Å². The van der Waals surface area contributed by atoms with Crippen molar-refractivity contribution in [1.82, 2.24) is 19.8 Å². The summed E-state index contributed by atoms with van der Waals surface area (Å²) < 4.78 is 19.5. The number of aromatic nitrogens is 2. The third kappa shape index (κ3) is 9.37. The first-order valence-electron chi connectivity index (χ1n) is 15.9. The maximum Gasteiger partial charge on any atom is 0.419 e. The molecular weight excluding hydrogens is 614 g/mol. The van der Waals surface area contributed by atoms with Crippen LogP contribution in [-0.2, 0) is 31.8 Å². The second kappa shape index (κ2) is 13.7. The van der Waals surface area contributed by atoms with Crippen molar-refractivity contribution in [3.63, 3.8) is 0 Å². The van der Waals surface area contributed by atoms with Gasteiger partial charge in [0, 0.05) is 36.0 Å². The van der Waals surface area contributed by atoms with Crippen LogP contribution in [0, 0.1) is 0 Å². The molecule has 12 heteroatoms. The summed E-state index contributed by atoms with van der Waals surface area (Å²) in [4.78, 5) is 52.8. The first kappa shape index (κ1) is 36.0. The molecule has 2 atom stereocenters. The second-order valence-electron chi connectivity index (χ2n) is 14.8. The largest absolute Gasteiger partial charge is 0.444 e. The molecule has 0 spiro atoms. The number of benzene rings is 2. The fourth-order valence-electron chi connectivity index (χ4n) is 5.20. The van der Waals surface area contributed by atoms with Crippen LogP contribution in [0.3, 0.4) is 0 Å². The first-order valence-corrected chi connectivity index (χ1v) is 15.9. The van der Waals surface area contributed by atoms with Crippen molar-refractivity contribution in [2.75, 3.05) is 0 Å². The lowest BCUT2D eigenvalue weighted by molar-refractivity contribution is -0.123. The summed E-state index contributed by atoms with van der Waals surface area (Å²) in [6.45, 7) is 15.9. The Kier molecular flexibility index (Phi) is 10.3. The fourth-order valence-corrected chi connectivity index (χ4v) is 5.20. The van der Waals surface area contributed by atoms with Crippen molar-refractivity contribution in [2.45, 2.75) is 104 Å². The van der Waals surface area contributed by atoms with Crippen molar-refractivity contribution in [1.29, 1.82) is 0 Å². The molecule has 0 aliphatic carbocycles. The molecule has 4 N–H and O–H groups in total. The zero-order chi connectivity index (χ0) is 35.6. The molecule has 0 radical (unpaired) electrons. The van der Waals surface area contributed by atoms with Crippen molar-refractivity contribution >= 4 is 46.0 Å². The molecule has 2 aromatic carbocycles. The van der Waals surface area contributed by atoms with Gasteiger partial charge in [0.25, 0.3) is 0 Å². The van der Waals surface area contributed by atoms with Gasteiger partial charge in [0.05, 0.1) is 17.2 Å². The van der Waals surface area contributed by atoms with Crippen molar-refractivity contribution in [3.05, 3.63) is 72.1 Å². The maximum atomic E-state index is 13.8. The topological polar surface area (TPSA) is 156 Å². The molecule has 0 saturated carbocycles. The van der Waals surface area contributed by atoms with E-state index in [0.29, 0.717) is 22.0 Å². The van der Waals surface area contributed by atoms with Gasteiger partial charge in [-0.3, -0.25) is 13.9 Å². The minimum absolute atomic E-state index is 0.0199. The Balaban J connectivity index is 1.61. The van der Waals surface area contributed by atoms with Crippen LogP contribution in [0.2, 0.25) is 0 Å². The van der Waals surface area contributed by atoms with E-state index in [-0.39, 0.29) is 12.8 Å². The van der Waals surface area contributed by atoms with E-state index in [1.807, 2.05) is 30.3 Å². The predicted octanol–water partition coefficient (Wildman–Crippen LogP) is 6.24. The number of ether oxygens (including phenoxy) is 3. The lowest BCUT2D eigenvalue weighted by Gasteiger charge is -2.24. The molecule has 2 heterocycles. The predicted molar refractivity (Wildman–Crippen MR) is 184 cm³/mol. The van der Waals surface area contributed by atoms with Crippen LogP contribution in [0.15, 0.2) is 60.9 Å². The monoisotopic (exact) mass is 661 g/mol. The highest BCUT2D eigenvalue weighted by molar-refractivity contribution is 5.94. The highest BCUT2D eigenvalue weighted by Crippen LogP contribution is 2.26. The quantitative estimate of drug-likeness (QED) is 0.155. The summed E-state index contributed by atoms with van der Waals surface area (Å²) in [5.41, 5.74) is 6.84. The van der Waals surface area contributed by atoms with E-state index in [4.69, 9.17) is 19.9 Å². The van der Waals surface area contributed by atoms with Gasteiger partial charge in [-0.25, -0.2) is 14.4 Å². The SMILES string of the molecule is CC(C)(C)OC(=O)N[C@H](Cc1cn(C(=O)OC(C)(C)C)c2ccccc12)C(=O)N[C@H](N)Cc1cn(C(=O)OC(C)(C)C)c2ccccc12. The number of para-hydroxylation sites is 2. The van der Waals surface area contributed by atoms with Gasteiger partial charge in [0.2, 0.25) is 5.91 Å². The Morgan fingerprint density at radius 3 is 1.50 bits per heavy atom. The summed E-state index contributed by atoms with van der Waals surface area (Å²) in [5.74, 6) is -0.557. The molecule has 48 heavy (non-hydrogen) atoms. The molecular formula is C36H47N5O7. The van der Waals surface area contributed by atoms with Crippen molar-refractivity contribution in [2.24, 2.45) is 5.73 Å². The number of rotatable bonds is 7. The summed E-state index contributed by atoms with van der Waals surface area (Å²) in [7, 11) is 0. The zero-order valence-corrected chi connectivity index (χ0v) is 29.2. The Hall–Kier alpha value is -4.84. The molecule has 2 aromatic heterocycles. The Morgan fingerprint density at radius 2 is 1.06 bits per heavy atom. The smallest absolute Gasteiger partial charge is 0.419 e. The zero-order valence-electron chi connectivity index (χ0n) is 29.2. The van der Waals surface area contributed by atoms with Crippen LogP contribution in [0.4, 0.5) is 14.4 Å². The Labute approximate surface area is 280 Å². The van der Waals surface area contributed by atoms with Crippen LogP contribution in [0.25, 0.3) is 21.8 Å². The number of fused-ring (bicyclic) bond motifs is 2. The average molecular weight is 662 g/mol. The number of nitrogens with zero attached hydrogens (tertiary/aromatic N) is 2. The van der Waals surface area contributed by atoms with Gasteiger partial charge in [0.15, 0.2) is 0 Å². The average Bonchev–Trinajstić information content (AvgIpc) is 3.49. The van der Waals surface area contributed by atoms with E-state index in [1.54, 1.807) is 92.9 Å². The van der Waals surface area contributed by atoms with Crippen molar-refractivity contribution < 1.29 is 33.4 Å². The molecule has 0 bridgehead atoms. The second-order valence-corrected chi connectivity index (χ2v) is 14.8. The minimum atomic E-state index is -1.12. The number of carbonyl (C=O) groups is 4. The normalized spacial score (nSPS) is 13.5. The number of alkyl carbamates (subject to hydrolysis) is 1. The summed E-state index contributed by atoms with van der Waals surface area (Å²) in [6, 6.07) is 13.5. The highest BCUT2D eigenvalue weighted by Gasteiger charge is 2.29. The molecule has 0 aliphatic rings. The number of hydrogen-bond donors (Lipinski definition) is 3. The standard InChI is InChI=1S/C36H47N5O7/c1-34(2,3)46-31(43)38-26(18-22-20-40(32(44)47-35(4,5)6)27-16-12-10-14-24(22)27)30(42)39-29(37)19-23-21-41(33(45)48-36(7,8)9)28-17-13-11-15-25(23)28/h10-17,20-21,26,29H,18-19,37H2,1-9H3,(H,38,43)(H,39,42)/t26-,29+/m1/s1. The molecule has 258 valence electrons. The first-order chi connectivity index (χ1) is 22.2. The van der Waals surface area contributed by atoms with Gasteiger partial charge in [0.1, 0.15) is 22.8 Å². The van der Waals surface area contributed by atoms with Gasteiger partial charge in [-0.05, 0) is 85.6 Å². The number of amides is 2. The lowest BCUT2D eigenvalue weighted by Crippen LogP contribution is -2.54. The molecule has 0 aliphatic heterocycles. The number of carbonyl (C=O) groups excluding carboxylic acids is 4. The number of nitrogens with one attached hydrogen (secondary N) is 2. The van der Waals surface area contributed by atoms with Crippen LogP contribution >= 0.6 is 0 Å². The minimum Gasteiger partial charge on any atom is -0.444 e.